The Bertz CT molecular complexity index is 831. The van der Waals surface area contributed by atoms with Crippen molar-refractivity contribution >= 4 is 33.7 Å². The van der Waals surface area contributed by atoms with Gasteiger partial charge in [-0.25, -0.2) is 0 Å². The Morgan fingerprint density at radius 2 is 1.71 bits per heavy atom. The van der Waals surface area contributed by atoms with Crippen LogP contribution >= 0.6 is 16.1 Å². The van der Waals surface area contributed by atoms with Crippen LogP contribution in [0.4, 0.5) is 0 Å². The summed E-state index contributed by atoms with van der Waals surface area (Å²) in [5.74, 6) is 1.29. The van der Waals surface area contributed by atoms with Crippen molar-refractivity contribution in [2.45, 2.75) is 72.1 Å². The van der Waals surface area contributed by atoms with Gasteiger partial charge in [-0.1, -0.05) is 41.5 Å². The van der Waals surface area contributed by atoms with Crippen LogP contribution in [-0.2, 0) is 15.6 Å². The van der Waals surface area contributed by atoms with Gasteiger partial charge in [0.25, 0.3) is 0 Å². The molecule has 1 aliphatic heterocycles. The third kappa shape index (κ3) is 6.31. The van der Waals surface area contributed by atoms with E-state index in [1.54, 1.807) is 0 Å². The lowest BCUT2D eigenvalue weighted by atomic mass is 9.78. The summed E-state index contributed by atoms with van der Waals surface area (Å²) in [5, 5.41) is 13.7. The van der Waals surface area contributed by atoms with Crippen LogP contribution in [0.3, 0.4) is 0 Å². The number of hydrogen-bond donors (Lipinski definition) is 2. The average molecular weight is 494 g/mol. The zero-order chi connectivity index (χ0) is 23.6. The van der Waals surface area contributed by atoms with E-state index in [0.29, 0.717) is 12.1 Å². The molecule has 0 radical (unpaired) electrons. The number of carbonyl (C=O) groups excluding carboxylic acids is 2. The lowest BCUT2D eigenvalue weighted by Crippen LogP contribution is -2.34. The van der Waals surface area contributed by atoms with Crippen LogP contribution in [0.5, 0.6) is 5.75 Å². The van der Waals surface area contributed by atoms with Crippen LogP contribution in [0.25, 0.3) is 0 Å². The van der Waals surface area contributed by atoms with Crippen LogP contribution in [0.2, 0.25) is 0 Å². The first kappa shape index (κ1) is 25.4. The fraction of sp³-hybridized carbons (Fsp3) is 0.625. The fourth-order valence-corrected chi connectivity index (χ4v) is 4.51. The largest absolute Gasteiger partial charge is 0.507 e. The molecular formula is C24H36BrN3O3. The lowest BCUT2D eigenvalue weighted by Gasteiger charge is -2.28. The van der Waals surface area contributed by atoms with Gasteiger partial charge in [0, 0.05) is 42.6 Å². The third-order valence-corrected chi connectivity index (χ3v) is 6.14. The molecule has 0 aliphatic carbocycles. The molecule has 0 bridgehead atoms. The van der Waals surface area contributed by atoms with E-state index in [1.165, 1.54) is 6.92 Å². The third-order valence-electron chi connectivity index (χ3n) is 5.77. The van der Waals surface area contributed by atoms with Gasteiger partial charge in [0.05, 0.1) is 22.7 Å². The first-order valence-electron chi connectivity index (χ1n) is 10.8. The summed E-state index contributed by atoms with van der Waals surface area (Å²) < 4.78 is 4.27. The highest BCUT2D eigenvalue weighted by Gasteiger charge is 2.32. The Morgan fingerprint density at radius 1 is 1.16 bits per heavy atom. The van der Waals surface area contributed by atoms with Crippen LogP contribution in [0.15, 0.2) is 16.2 Å². The number of phenols is 1. The van der Waals surface area contributed by atoms with Gasteiger partial charge in [0.2, 0.25) is 5.91 Å². The molecule has 1 atom stereocenters. The van der Waals surface area contributed by atoms with E-state index in [4.69, 9.17) is 0 Å². The first-order valence-corrected chi connectivity index (χ1v) is 11.6. The molecular weight excluding hydrogens is 458 g/mol. The predicted molar refractivity (Wildman–Crippen MR) is 129 cm³/mol. The summed E-state index contributed by atoms with van der Waals surface area (Å²) in [6.45, 7) is 15.3. The maximum Gasteiger partial charge on any atom is 0.216 e. The maximum atomic E-state index is 13.3. The predicted octanol–water partition coefficient (Wildman–Crippen LogP) is 4.73. The number of phenolic OH excluding ortho intramolecular Hbond substituents is 1. The molecule has 0 spiro atoms. The van der Waals surface area contributed by atoms with Crippen molar-refractivity contribution in [1.82, 2.24) is 10.2 Å². The summed E-state index contributed by atoms with van der Waals surface area (Å²) in [5.41, 5.74) is 1.61. The lowest BCUT2D eigenvalue weighted by molar-refractivity contribution is -0.118. The van der Waals surface area contributed by atoms with Gasteiger partial charge in [0.15, 0.2) is 5.78 Å². The van der Waals surface area contributed by atoms with Gasteiger partial charge in [-0.05, 0) is 35.8 Å². The number of ketones is 1. The molecule has 2 rings (SSSR count). The molecule has 1 fully saturated rings. The van der Waals surface area contributed by atoms with Gasteiger partial charge in [0.1, 0.15) is 11.6 Å². The van der Waals surface area contributed by atoms with E-state index >= 15 is 0 Å². The minimum Gasteiger partial charge on any atom is -0.507 e. The fourth-order valence-electron chi connectivity index (χ4n) is 4.00. The summed E-state index contributed by atoms with van der Waals surface area (Å²) >= 11 is 3.22. The average Bonchev–Trinajstić information content (AvgIpc) is 3.00. The van der Waals surface area contributed by atoms with Crippen molar-refractivity contribution in [3.8, 4) is 5.75 Å². The Balaban J connectivity index is 2.26. The Morgan fingerprint density at radius 3 is 2.16 bits per heavy atom. The minimum atomic E-state index is -0.286. The molecule has 31 heavy (non-hydrogen) atoms. The minimum absolute atomic E-state index is 0.00663. The second-order valence-corrected chi connectivity index (χ2v) is 10.8. The highest BCUT2D eigenvalue weighted by Crippen LogP contribution is 2.40. The van der Waals surface area contributed by atoms with Crippen molar-refractivity contribution in [2.24, 2.45) is 9.94 Å². The number of hydrogen-bond acceptors (Lipinski definition) is 4. The zero-order valence-electron chi connectivity index (χ0n) is 19.8. The number of aromatic hydroxyl groups is 1. The van der Waals surface area contributed by atoms with Crippen molar-refractivity contribution in [2.75, 3.05) is 19.6 Å². The molecule has 0 saturated carbocycles. The molecule has 172 valence electrons. The number of likely N-dealkylation sites (tertiary alicyclic amines) is 1. The van der Waals surface area contributed by atoms with Crippen LogP contribution in [-0.4, -0.2) is 47.2 Å². The number of nitrogens with one attached hydrogen (secondary N) is 1. The molecule has 7 heteroatoms. The molecule has 1 aliphatic rings. The maximum absolute atomic E-state index is 13.3. The summed E-state index contributed by atoms with van der Waals surface area (Å²) in [6.07, 6.45) is 1.68. The topological polar surface area (TPSA) is 82.0 Å². The quantitative estimate of drug-likeness (QED) is 0.561. The molecule has 2 N–H and O–H groups in total. The smallest absolute Gasteiger partial charge is 0.216 e. The molecule has 1 aromatic carbocycles. The highest BCUT2D eigenvalue weighted by atomic mass is 79.9. The monoisotopic (exact) mass is 493 g/mol. The van der Waals surface area contributed by atoms with Crippen molar-refractivity contribution in [3.05, 3.63) is 28.8 Å². The van der Waals surface area contributed by atoms with E-state index in [0.717, 1.165) is 36.3 Å². The molecule has 6 nitrogen and oxygen atoms in total. The van der Waals surface area contributed by atoms with Crippen LogP contribution < -0.4 is 5.32 Å². The van der Waals surface area contributed by atoms with Gasteiger partial charge >= 0.3 is 0 Å². The van der Waals surface area contributed by atoms with E-state index in [2.05, 4.69) is 25.5 Å². The normalized spacial score (nSPS) is 18.5. The van der Waals surface area contributed by atoms with Crippen LogP contribution in [0, 0.1) is 5.92 Å². The van der Waals surface area contributed by atoms with Crippen molar-refractivity contribution in [3.63, 3.8) is 0 Å². The Hall–Kier alpha value is -1.89. The van der Waals surface area contributed by atoms with Crippen LogP contribution in [0.1, 0.15) is 82.8 Å². The van der Waals surface area contributed by atoms with E-state index in [-0.39, 0.29) is 40.7 Å². The zero-order valence-corrected chi connectivity index (χ0v) is 21.4. The highest BCUT2D eigenvalue weighted by molar-refractivity contribution is 9.08. The van der Waals surface area contributed by atoms with E-state index < -0.39 is 0 Å². The molecule has 0 aromatic heterocycles. The summed E-state index contributed by atoms with van der Waals surface area (Å²) in [7, 11) is 0. The number of amidine groups is 1. The molecule has 1 saturated heterocycles. The van der Waals surface area contributed by atoms with E-state index in [1.807, 2.05) is 58.6 Å². The second kappa shape index (κ2) is 9.72. The van der Waals surface area contributed by atoms with E-state index in [9.17, 15) is 14.7 Å². The van der Waals surface area contributed by atoms with Gasteiger partial charge in [-0.3, -0.25) is 9.59 Å². The second-order valence-electron chi connectivity index (χ2n) is 10.5. The number of amides is 1. The number of rotatable bonds is 6. The van der Waals surface area contributed by atoms with Gasteiger partial charge in [-0.2, -0.15) is 4.02 Å². The first-order chi connectivity index (χ1) is 14.3. The van der Waals surface area contributed by atoms with Gasteiger partial charge in [-0.15, -0.1) is 0 Å². The van der Waals surface area contributed by atoms with Crippen molar-refractivity contribution in [1.29, 1.82) is 0 Å². The Labute approximate surface area is 194 Å². The Kier molecular flexibility index (Phi) is 7.95. The number of nitrogens with zero attached hydrogens (tertiary/aromatic N) is 2. The molecule has 1 aromatic rings. The summed E-state index contributed by atoms with van der Waals surface area (Å²) in [4.78, 5) is 26.4. The summed E-state index contributed by atoms with van der Waals surface area (Å²) in [6, 6.07) is 3.67. The number of halogens is 1. The number of benzene rings is 1. The number of carbonyl (C=O) groups is 2. The van der Waals surface area contributed by atoms with Crippen molar-refractivity contribution < 1.29 is 14.7 Å². The molecule has 1 heterocycles. The van der Waals surface area contributed by atoms with Gasteiger partial charge < -0.3 is 15.3 Å². The standard InChI is InChI=1S/C24H36BrN3O3/c1-15(29)26-10-8-16-9-11-28(22(16)27-25)14-20(30)17-12-18(23(2,3)4)21(31)19(13-17)24(5,6)7/h12-13,16,31H,8-11,14H2,1-7H3,(H,26,29)/b27-22-. The molecule has 1 amide bonds. The SMILES string of the molecule is CC(=O)NCCC1CCN(CC(=O)c2cc(C(C)(C)C)c(O)c(C(C)(C)C)c2)/C1=N\Br. The molecule has 1 unspecified atom stereocenters. The number of Topliss-reactive ketones (excluding diaryl/α,β-unsaturated/α-hetero) is 1.